The minimum Gasteiger partial charge on any atom is -0.301 e. The molecule has 0 spiro atoms. The molecule has 0 bridgehead atoms. The normalized spacial score (nSPS) is 14.5. The molecular formula is C22H23ClN4O. The fraction of sp³-hybridized carbons (Fsp3) is 0.318. The zero-order chi connectivity index (χ0) is 19.3. The Bertz CT molecular complexity index is 997. The van der Waals surface area contributed by atoms with Crippen LogP contribution in [0, 0.1) is 0 Å². The Morgan fingerprint density at radius 3 is 2.50 bits per heavy atom. The molecule has 1 fully saturated rings. The molecule has 1 aliphatic heterocycles. The van der Waals surface area contributed by atoms with Gasteiger partial charge in [0.2, 0.25) is 0 Å². The maximum atomic E-state index is 13.0. The predicted octanol–water partition coefficient (Wildman–Crippen LogP) is 3.65. The fourth-order valence-electron chi connectivity index (χ4n) is 3.55. The lowest BCUT2D eigenvalue weighted by molar-refractivity contribution is 0.311. The van der Waals surface area contributed by atoms with E-state index in [0.29, 0.717) is 29.5 Å². The molecule has 3 aromatic rings. The third-order valence-electron chi connectivity index (χ3n) is 5.06. The van der Waals surface area contributed by atoms with Crippen molar-refractivity contribution in [2.75, 3.05) is 19.6 Å². The van der Waals surface area contributed by atoms with Gasteiger partial charge >= 0.3 is 0 Å². The van der Waals surface area contributed by atoms with Gasteiger partial charge in [0.15, 0.2) is 5.82 Å². The molecular weight excluding hydrogens is 372 g/mol. The Kier molecular flexibility index (Phi) is 5.84. The molecule has 28 heavy (non-hydrogen) atoms. The Morgan fingerprint density at radius 1 is 0.964 bits per heavy atom. The van der Waals surface area contributed by atoms with Gasteiger partial charge in [0.1, 0.15) is 5.69 Å². The third kappa shape index (κ3) is 4.49. The van der Waals surface area contributed by atoms with E-state index in [-0.39, 0.29) is 5.56 Å². The lowest BCUT2D eigenvalue weighted by Gasteiger charge is -2.16. The molecule has 0 N–H and O–H groups in total. The predicted molar refractivity (Wildman–Crippen MR) is 112 cm³/mol. The van der Waals surface area contributed by atoms with Crippen LogP contribution in [0.2, 0.25) is 5.02 Å². The first-order chi connectivity index (χ1) is 13.7. The van der Waals surface area contributed by atoms with Crippen LogP contribution in [-0.2, 0) is 13.0 Å². The topological polar surface area (TPSA) is 51.0 Å². The largest absolute Gasteiger partial charge is 0.301 e. The minimum absolute atomic E-state index is 0.117. The van der Waals surface area contributed by atoms with Crippen LogP contribution >= 0.6 is 11.6 Å². The van der Waals surface area contributed by atoms with Gasteiger partial charge in [-0.2, -0.15) is 0 Å². The lowest BCUT2D eigenvalue weighted by Crippen LogP contribution is -2.33. The van der Waals surface area contributed by atoms with Crippen LogP contribution in [0.15, 0.2) is 59.4 Å². The summed E-state index contributed by atoms with van der Waals surface area (Å²) in [4.78, 5) is 20.0. The Balaban J connectivity index is 1.69. The summed E-state index contributed by atoms with van der Waals surface area (Å²) in [6.07, 6.45) is 2.94. The van der Waals surface area contributed by atoms with E-state index in [2.05, 4.69) is 15.0 Å². The number of hydrogen-bond acceptors (Lipinski definition) is 4. The maximum absolute atomic E-state index is 13.0. The smallest absolute Gasteiger partial charge is 0.288 e. The van der Waals surface area contributed by atoms with Crippen molar-refractivity contribution in [3.05, 3.63) is 81.2 Å². The van der Waals surface area contributed by atoms with Crippen molar-refractivity contribution >= 4 is 11.6 Å². The minimum atomic E-state index is -0.117. The summed E-state index contributed by atoms with van der Waals surface area (Å²) in [6.45, 7) is 3.59. The van der Waals surface area contributed by atoms with Gasteiger partial charge in [0.25, 0.3) is 5.56 Å². The molecule has 0 unspecified atom stereocenters. The van der Waals surface area contributed by atoms with Gasteiger partial charge in [-0.25, -0.2) is 9.67 Å². The molecule has 0 radical (unpaired) electrons. The maximum Gasteiger partial charge on any atom is 0.288 e. The Hall–Kier alpha value is -2.50. The summed E-state index contributed by atoms with van der Waals surface area (Å²) in [6, 6.07) is 17.4. The van der Waals surface area contributed by atoms with Crippen molar-refractivity contribution in [3.63, 3.8) is 0 Å². The van der Waals surface area contributed by atoms with Crippen molar-refractivity contribution in [2.24, 2.45) is 0 Å². The van der Waals surface area contributed by atoms with Crippen LogP contribution in [0.1, 0.15) is 24.1 Å². The Morgan fingerprint density at radius 2 is 1.75 bits per heavy atom. The van der Waals surface area contributed by atoms with Crippen LogP contribution in [0.5, 0.6) is 0 Å². The van der Waals surface area contributed by atoms with Crippen molar-refractivity contribution in [2.45, 2.75) is 25.8 Å². The second kappa shape index (κ2) is 8.67. The van der Waals surface area contributed by atoms with Crippen molar-refractivity contribution in [3.8, 4) is 11.4 Å². The van der Waals surface area contributed by atoms with Crippen LogP contribution in [0.4, 0.5) is 0 Å². The molecule has 0 aliphatic carbocycles. The number of nitrogens with zero attached hydrogens (tertiary/aromatic N) is 4. The summed E-state index contributed by atoms with van der Waals surface area (Å²) < 4.78 is 1.57. The van der Waals surface area contributed by atoms with Crippen LogP contribution in [0.3, 0.4) is 0 Å². The summed E-state index contributed by atoms with van der Waals surface area (Å²) in [7, 11) is 0. The molecule has 5 nitrogen and oxygen atoms in total. The first kappa shape index (κ1) is 18.8. The van der Waals surface area contributed by atoms with Gasteiger partial charge in [-0.15, -0.1) is 5.10 Å². The highest BCUT2D eigenvalue weighted by atomic mass is 35.5. The van der Waals surface area contributed by atoms with E-state index in [4.69, 9.17) is 11.6 Å². The second-order valence-corrected chi connectivity index (χ2v) is 7.57. The zero-order valence-electron chi connectivity index (χ0n) is 15.7. The van der Waals surface area contributed by atoms with Crippen LogP contribution in [0.25, 0.3) is 11.4 Å². The summed E-state index contributed by atoms with van der Waals surface area (Å²) in [5, 5.41) is 5.18. The van der Waals surface area contributed by atoms with Gasteiger partial charge in [-0.05, 0) is 43.6 Å². The molecule has 0 saturated carbocycles. The molecule has 0 amide bonds. The first-order valence-electron chi connectivity index (χ1n) is 9.69. The number of halogens is 1. The highest BCUT2D eigenvalue weighted by Crippen LogP contribution is 2.19. The number of likely N-dealkylation sites (tertiary alicyclic amines) is 1. The molecule has 2 aromatic carbocycles. The SMILES string of the molecule is O=c1c(Cc2ccccc2)nc(-c2cccc(Cl)c2)nn1CCN1CCCC1. The lowest BCUT2D eigenvalue weighted by atomic mass is 10.1. The van der Waals surface area contributed by atoms with E-state index in [1.165, 1.54) is 12.8 Å². The Labute approximate surface area is 169 Å². The number of benzene rings is 2. The van der Waals surface area contributed by atoms with E-state index in [9.17, 15) is 4.79 Å². The summed E-state index contributed by atoms with van der Waals surface area (Å²) >= 11 is 6.15. The van der Waals surface area contributed by atoms with E-state index in [1.54, 1.807) is 4.68 Å². The fourth-order valence-corrected chi connectivity index (χ4v) is 3.75. The van der Waals surface area contributed by atoms with Gasteiger partial charge < -0.3 is 4.90 Å². The summed E-state index contributed by atoms with van der Waals surface area (Å²) in [5.74, 6) is 0.537. The van der Waals surface area contributed by atoms with Crippen LogP contribution < -0.4 is 5.56 Å². The molecule has 144 valence electrons. The standard InChI is InChI=1S/C22H23ClN4O/c23-19-10-6-9-18(16-19)21-24-20(15-17-7-2-1-3-8-17)22(28)27(25-21)14-13-26-11-4-5-12-26/h1-3,6-10,16H,4-5,11-15H2. The molecule has 1 aromatic heterocycles. The van der Waals surface area contributed by atoms with Gasteiger partial charge in [0.05, 0.1) is 6.54 Å². The second-order valence-electron chi connectivity index (χ2n) is 7.13. The number of rotatable bonds is 6. The molecule has 2 heterocycles. The molecule has 1 aliphatic rings. The average molecular weight is 395 g/mol. The van der Waals surface area contributed by atoms with E-state index in [1.807, 2.05) is 54.6 Å². The zero-order valence-corrected chi connectivity index (χ0v) is 16.5. The molecule has 1 saturated heterocycles. The third-order valence-corrected chi connectivity index (χ3v) is 5.30. The van der Waals surface area contributed by atoms with E-state index < -0.39 is 0 Å². The number of hydrogen-bond donors (Lipinski definition) is 0. The monoisotopic (exact) mass is 394 g/mol. The van der Waals surface area contributed by atoms with E-state index in [0.717, 1.165) is 30.8 Å². The number of aromatic nitrogens is 3. The van der Waals surface area contributed by atoms with Crippen LogP contribution in [-0.4, -0.2) is 39.3 Å². The van der Waals surface area contributed by atoms with E-state index >= 15 is 0 Å². The van der Waals surface area contributed by atoms with Gasteiger partial charge in [0, 0.05) is 23.6 Å². The quantitative estimate of drug-likeness (QED) is 0.640. The summed E-state index contributed by atoms with van der Waals surface area (Å²) in [5.41, 5.74) is 2.27. The molecule has 0 atom stereocenters. The molecule has 6 heteroatoms. The average Bonchev–Trinajstić information content (AvgIpc) is 3.23. The van der Waals surface area contributed by atoms with Gasteiger partial charge in [-0.3, -0.25) is 4.79 Å². The van der Waals surface area contributed by atoms with Crippen molar-refractivity contribution in [1.82, 2.24) is 19.7 Å². The van der Waals surface area contributed by atoms with Crippen molar-refractivity contribution < 1.29 is 0 Å². The highest BCUT2D eigenvalue weighted by molar-refractivity contribution is 6.30. The molecule has 4 rings (SSSR count). The first-order valence-corrected chi connectivity index (χ1v) is 10.1. The van der Waals surface area contributed by atoms with Gasteiger partial charge in [-0.1, -0.05) is 54.1 Å². The highest BCUT2D eigenvalue weighted by Gasteiger charge is 2.15. The van der Waals surface area contributed by atoms with Crippen molar-refractivity contribution in [1.29, 1.82) is 0 Å².